The van der Waals surface area contributed by atoms with Crippen LogP contribution in [-0.2, 0) is 0 Å². The van der Waals surface area contributed by atoms with Gasteiger partial charge in [0.05, 0.1) is 28.5 Å². The standard InChI is InChI=1S/C27H31ClN6O3/c1-14-25(24-16(3)33-37-17(24)4)31-26(32-27(14)34-11-18-9-30-15(2)22(18)12-34)21-8-20(6-7-23(21)28)36-13-19(35)10-29-5/h6-8,19,29,35H,9-13H2,1-5H3/t19-/m1/s1. The van der Waals surface area contributed by atoms with Gasteiger partial charge in [-0.1, -0.05) is 16.8 Å². The normalized spacial score (nSPS) is 15.9. The van der Waals surface area contributed by atoms with Crippen molar-refractivity contribution < 1.29 is 14.4 Å². The molecule has 5 rings (SSSR count). The van der Waals surface area contributed by atoms with Crippen molar-refractivity contribution in [2.45, 2.75) is 33.8 Å². The zero-order valence-corrected chi connectivity index (χ0v) is 22.5. The summed E-state index contributed by atoms with van der Waals surface area (Å²) in [6.45, 7) is 10.8. The van der Waals surface area contributed by atoms with Crippen molar-refractivity contribution in [3.63, 3.8) is 0 Å². The van der Waals surface area contributed by atoms with E-state index in [1.54, 1.807) is 19.2 Å². The first-order chi connectivity index (χ1) is 17.8. The van der Waals surface area contributed by atoms with E-state index in [0.29, 0.717) is 34.5 Å². The van der Waals surface area contributed by atoms with Crippen molar-refractivity contribution >= 4 is 23.1 Å². The zero-order chi connectivity index (χ0) is 26.3. The van der Waals surface area contributed by atoms with Gasteiger partial charge in [0.1, 0.15) is 30.0 Å². The van der Waals surface area contributed by atoms with Gasteiger partial charge in [0.2, 0.25) is 0 Å². The Hall–Kier alpha value is -3.27. The fourth-order valence-corrected chi connectivity index (χ4v) is 5.11. The van der Waals surface area contributed by atoms with Crippen molar-refractivity contribution in [2.24, 2.45) is 4.99 Å². The van der Waals surface area contributed by atoms with Gasteiger partial charge in [-0.2, -0.15) is 0 Å². The molecule has 0 radical (unpaired) electrons. The smallest absolute Gasteiger partial charge is 0.163 e. The molecule has 10 heteroatoms. The summed E-state index contributed by atoms with van der Waals surface area (Å²) in [5.41, 5.74) is 7.73. The second kappa shape index (κ2) is 10.2. The highest BCUT2D eigenvalue weighted by Gasteiger charge is 2.31. The molecule has 194 valence electrons. The molecule has 37 heavy (non-hydrogen) atoms. The third-order valence-electron chi connectivity index (χ3n) is 6.85. The number of benzene rings is 1. The highest BCUT2D eigenvalue weighted by atomic mass is 35.5. The summed E-state index contributed by atoms with van der Waals surface area (Å²) in [6.07, 6.45) is -0.630. The lowest BCUT2D eigenvalue weighted by atomic mass is 10.0. The number of nitrogens with one attached hydrogen (secondary N) is 1. The number of ether oxygens (including phenoxy) is 1. The highest BCUT2D eigenvalue weighted by Crippen LogP contribution is 2.38. The first-order valence-corrected chi connectivity index (χ1v) is 12.7. The van der Waals surface area contributed by atoms with E-state index in [9.17, 15) is 5.11 Å². The lowest BCUT2D eigenvalue weighted by molar-refractivity contribution is 0.108. The van der Waals surface area contributed by atoms with Crippen LogP contribution in [0.1, 0.15) is 23.9 Å². The summed E-state index contributed by atoms with van der Waals surface area (Å²) < 4.78 is 11.3. The summed E-state index contributed by atoms with van der Waals surface area (Å²) >= 11 is 6.67. The number of anilines is 1. The number of aromatic nitrogens is 3. The quantitative estimate of drug-likeness (QED) is 0.458. The Morgan fingerprint density at radius 3 is 2.70 bits per heavy atom. The van der Waals surface area contributed by atoms with Gasteiger partial charge in [0.15, 0.2) is 5.82 Å². The molecule has 0 saturated heterocycles. The summed E-state index contributed by atoms with van der Waals surface area (Å²) in [6, 6.07) is 5.36. The SMILES string of the molecule is CNC[C@@H](O)COc1ccc(Cl)c(-c2nc(-c3c(C)noc3C)c(C)c(N3CC4=C(C3)C(C)=NC4)n2)c1. The molecule has 0 saturated carbocycles. The summed E-state index contributed by atoms with van der Waals surface area (Å²) in [5.74, 6) is 2.60. The Balaban J connectivity index is 1.58. The monoisotopic (exact) mass is 522 g/mol. The molecular formula is C27H31ClN6O3. The number of aryl methyl sites for hydroxylation is 2. The molecule has 2 aromatic heterocycles. The maximum Gasteiger partial charge on any atom is 0.163 e. The maximum atomic E-state index is 10.0. The van der Waals surface area contributed by atoms with Crippen molar-refractivity contribution in [3.8, 4) is 28.4 Å². The van der Waals surface area contributed by atoms with Gasteiger partial charge in [0, 0.05) is 36.5 Å². The molecule has 2 N–H and O–H groups in total. The Kier molecular flexibility index (Phi) is 7.02. The van der Waals surface area contributed by atoms with Crippen molar-refractivity contribution in [2.75, 3.05) is 44.7 Å². The minimum Gasteiger partial charge on any atom is -0.491 e. The predicted octanol–water partition coefficient (Wildman–Crippen LogP) is 3.93. The fraction of sp³-hybridized carbons (Fsp3) is 0.407. The van der Waals surface area contributed by atoms with Crippen molar-refractivity contribution in [1.29, 1.82) is 0 Å². The van der Waals surface area contributed by atoms with E-state index in [-0.39, 0.29) is 6.61 Å². The minimum absolute atomic E-state index is 0.151. The van der Waals surface area contributed by atoms with E-state index in [0.717, 1.165) is 53.7 Å². The number of likely N-dealkylation sites (N-methyl/N-ethyl adjacent to an activating group) is 1. The second-order valence-corrected chi connectivity index (χ2v) is 9.95. The molecule has 0 bridgehead atoms. The Morgan fingerprint density at radius 2 is 2.00 bits per heavy atom. The molecule has 2 aliphatic rings. The second-order valence-electron chi connectivity index (χ2n) is 9.55. The number of aliphatic hydroxyl groups is 1. The average Bonchev–Trinajstić information content (AvgIpc) is 3.55. The Labute approximate surface area is 221 Å². The first kappa shape index (κ1) is 25.4. The van der Waals surface area contributed by atoms with Gasteiger partial charge >= 0.3 is 0 Å². The predicted molar refractivity (Wildman–Crippen MR) is 145 cm³/mol. The van der Waals surface area contributed by atoms with Gasteiger partial charge < -0.3 is 24.6 Å². The molecule has 0 unspecified atom stereocenters. The Morgan fingerprint density at radius 1 is 1.19 bits per heavy atom. The van der Waals surface area contributed by atoms with E-state index < -0.39 is 6.10 Å². The van der Waals surface area contributed by atoms with Crippen LogP contribution in [-0.4, -0.2) is 71.9 Å². The lowest BCUT2D eigenvalue weighted by Gasteiger charge is -2.23. The Bertz CT molecular complexity index is 1390. The molecule has 3 aromatic rings. The molecule has 0 amide bonds. The molecule has 1 aromatic carbocycles. The van der Waals surface area contributed by atoms with E-state index in [1.807, 2.05) is 26.8 Å². The number of aliphatic imine (C=N–C) groups is 1. The zero-order valence-electron chi connectivity index (χ0n) is 21.7. The molecule has 0 aliphatic carbocycles. The lowest BCUT2D eigenvalue weighted by Crippen LogP contribution is -2.29. The first-order valence-electron chi connectivity index (χ1n) is 12.3. The largest absolute Gasteiger partial charge is 0.491 e. The third kappa shape index (κ3) is 4.86. The number of rotatable bonds is 8. The van der Waals surface area contributed by atoms with Crippen LogP contribution in [0.4, 0.5) is 5.82 Å². The molecule has 4 heterocycles. The molecule has 1 atom stereocenters. The molecule has 2 aliphatic heterocycles. The van der Waals surface area contributed by atoms with Crippen LogP contribution in [0.15, 0.2) is 38.9 Å². The van der Waals surface area contributed by atoms with Crippen LogP contribution in [0.25, 0.3) is 22.6 Å². The highest BCUT2D eigenvalue weighted by molar-refractivity contribution is 6.33. The van der Waals surface area contributed by atoms with E-state index in [2.05, 4.69) is 27.3 Å². The van der Waals surface area contributed by atoms with Gasteiger partial charge in [-0.15, -0.1) is 0 Å². The summed E-state index contributed by atoms with van der Waals surface area (Å²) in [7, 11) is 1.78. The van der Waals surface area contributed by atoms with Gasteiger partial charge in [-0.25, -0.2) is 9.97 Å². The average molecular weight is 523 g/mol. The van der Waals surface area contributed by atoms with E-state index >= 15 is 0 Å². The van der Waals surface area contributed by atoms with Gasteiger partial charge in [-0.3, -0.25) is 4.99 Å². The number of halogens is 1. The fourth-order valence-electron chi connectivity index (χ4n) is 4.91. The van der Waals surface area contributed by atoms with Crippen LogP contribution in [0.2, 0.25) is 5.02 Å². The third-order valence-corrected chi connectivity index (χ3v) is 7.18. The van der Waals surface area contributed by atoms with Crippen LogP contribution in [0.3, 0.4) is 0 Å². The van der Waals surface area contributed by atoms with Crippen molar-refractivity contribution in [1.82, 2.24) is 20.4 Å². The van der Waals surface area contributed by atoms with Crippen LogP contribution in [0, 0.1) is 20.8 Å². The minimum atomic E-state index is -0.630. The van der Waals surface area contributed by atoms with Crippen LogP contribution in [0.5, 0.6) is 5.75 Å². The topological polar surface area (TPSA) is 109 Å². The molecule has 0 fully saturated rings. The molecular weight excluding hydrogens is 492 g/mol. The number of hydrogen-bond donors (Lipinski definition) is 2. The van der Waals surface area contributed by atoms with Crippen LogP contribution < -0.4 is 15.0 Å². The molecule has 9 nitrogen and oxygen atoms in total. The van der Waals surface area contributed by atoms with E-state index in [4.69, 9.17) is 30.8 Å². The summed E-state index contributed by atoms with van der Waals surface area (Å²) in [4.78, 5) is 16.9. The molecule has 0 spiro atoms. The number of hydrogen-bond acceptors (Lipinski definition) is 9. The van der Waals surface area contributed by atoms with Crippen LogP contribution >= 0.6 is 11.6 Å². The summed E-state index contributed by atoms with van der Waals surface area (Å²) in [5, 5.41) is 17.7. The van der Waals surface area contributed by atoms with Crippen molar-refractivity contribution in [3.05, 3.63) is 51.4 Å². The van der Waals surface area contributed by atoms with Gasteiger partial charge in [0.25, 0.3) is 0 Å². The van der Waals surface area contributed by atoms with Gasteiger partial charge in [-0.05, 0) is 64.1 Å². The maximum absolute atomic E-state index is 10.0. The number of nitrogens with zero attached hydrogens (tertiary/aromatic N) is 5. The number of aliphatic hydroxyl groups excluding tert-OH is 1. The van der Waals surface area contributed by atoms with E-state index in [1.165, 1.54) is 11.1 Å².